The SMILES string of the molecule is CCN(CC)C(=O)c1ccc(NC(=O)[C@@H](N)CCSC)cc1Cl.Cl. The summed E-state index contributed by atoms with van der Waals surface area (Å²) in [6.07, 6.45) is 2.58. The van der Waals surface area contributed by atoms with Gasteiger partial charge in [-0.25, -0.2) is 0 Å². The van der Waals surface area contributed by atoms with Crippen LogP contribution in [-0.2, 0) is 4.79 Å². The topological polar surface area (TPSA) is 75.4 Å². The van der Waals surface area contributed by atoms with Crippen molar-refractivity contribution in [1.82, 2.24) is 4.90 Å². The lowest BCUT2D eigenvalue weighted by molar-refractivity contribution is -0.117. The van der Waals surface area contributed by atoms with Crippen LogP contribution >= 0.6 is 35.8 Å². The van der Waals surface area contributed by atoms with Crippen LogP contribution in [-0.4, -0.2) is 47.9 Å². The molecule has 5 nitrogen and oxygen atoms in total. The highest BCUT2D eigenvalue weighted by Gasteiger charge is 2.17. The van der Waals surface area contributed by atoms with Gasteiger partial charge in [-0.2, -0.15) is 11.8 Å². The Hall–Kier alpha value is -0.950. The maximum absolute atomic E-state index is 12.3. The molecule has 8 heteroatoms. The fourth-order valence-corrected chi connectivity index (χ4v) is 2.81. The number of halogens is 2. The van der Waals surface area contributed by atoms with Gasteiger partial charge in [-0.15, -0.1) is 12.4 Å². The maximum Gasteiger partial charge on any atom is 0.255 e. The minimum Gasteiger partial charge on any atom is -0.339 e. The molecule has 0 radical (unpaired) electrons. The first-order valence-corrected chi connectivity index (χ1v) is 9.35. The average molecular weight is 394 g/mol. The fraction of sp³-hybridized carbons (Fsp3) is 0.500. The van der Waals surface area contributed by atoms with Gasteiger partial charge in [0.25, 0.3) is 5.91 Å². The van der Waals surface area contributed by atoms with Crippen molar-refractivity contribution in [3.05, 3.63) is 28.8 Å². The number of carbonyl (C=O) groups excluding carboxylic acids is 2. The number of amides is 2. The molecule has 1 rings (SSSR count). The Labute approximate surface area is 159 Å². The minimum atomic E-state index is -0.557. The number of hydrogen-bond donors (Lipinski definition) is 2. The second-order valence-electron chi connectivity index (χ2n) is 5.05. The number of thioether (sulfide) groups is 1. The Morgan fingerprint density at radius 2 is 1.96 bits per heavy atom. The van der Waals surface area contributed by atoms with E-state index in [-0.39, 0.29) is 24.2 Å². The molecule has 0 bridgehead atoms. The normalized spacial score (nSPS) is 11.4. The van der Waals surface area contributed by atoms with Crippen molar-refractivity contribution in [1.29, 1.82) is 0 Å². The molecule has 1 aromatic rings. The van der Waals surface area contributed by atoms with Crippen LogP contribution in [0.15, 0.2) is 18.2 Å². The molecular weight excluding hydrogens is 369 g/mol. The summed E-state index contributed by atoms with van der Waals surface area (Å²) in [4.78, 5) is 26.0. The molecule has 24 heavy (non-hydrogen) atoms. The third-order valence-corrected chi connectivity index (χ3v) is 4.44. The second-order valence-corrected chi connectivity index (χ2v) is 6.44. The summed E-state index contributed by atoms with van der Waals surface area (Å²) in [6, 6.07) is 4.32. The van der Waals surface area contributed by atoms with Gasteiger partial charge in [0.05, 0.1) is 16.6 Å². The lowest BCUT2D eigenvalue weighted by atomic mass is 10.1. The highest BCUT2D eigenvalue weighted by Crippen LogP contribution is 2.22. The van der Waals surface area contributed by atoms with Gasteiger partial charge in [-0.3, -0.25) is 9.59 Å². The monoisotopic (exact) mass is 393 g/mol. The van der Waals surface area contributed by atoms with E-state index in [1.807, 2.05) is 20.1 Å². The van der Waals surface area contributed by atoms with Crippen molar-refractivity contribution in [3.8, 4) is 0 Å². The third kappa shape index (κ3) is 6.51. The molecule has 0 spiro atoms. The summed E-state index contributed by atoms with van der Waals surface area (Å²) >= 11 is 7.84. The molecule has 0 aliphatic heterocycles. The molecule has 0 aliphatic carbocycles. The van der Waals surface area contributed by atoms with E-state index in [1.165, 1.54) is 0 Å². The van der Waals surface area contributed by atoms with Crippen LogP contribution in [0, 0.1) is 0 Å². The molecule has 2 amide bonds. The summed E-state index contributed by atoms with van der Waals surface area (Å²) in [6.45, 7) is 5.07. The summed E-state index contributed by atoms with van der Waals surface area (Å²) in [7, 11) is 0. The molecule has 1 atom stereocenters. The van der Waals surface area contributed by atoms with E-state index in [2.05, 4.69) is 5.32 Å². The quantitative estimate of drug-likeness (QED) is 0.710. The van der Waals surface area contributed by atoms with Crippen molar-refractivity contribution >= 4 is 53.3 Å². The lowest BCUT2D eigenvalue weighted by Gasteiger charge is -2.19. The Morgan fingerprint density at radius 3 is 2.46 bits per heavy atom. The zero-order valence-corrected chi connectivity index (χ0v) is 16.6. The van der Waals surface area contributed by atoms with E-state index < -0.39 is 6.04 Å². The predicted octanol–water partition coefficient (Wildman–Crippen LogP) is 3.26. The smallest absolute Gasteiger partial charge is 0.255 e. The zero-order chi connectivity index (χ0) is 17.4. The standard InChI is InChI=1S/C16H24ClN3O2S.ClH/c1-4-20(5-2)16(22)12-7-6-11(10-13(12)17)19-15(21)14(18)8-9-23-3;/h6-7,10,14H,4-5,8-9,18H2,1-3H3,(H,19,21);1H/t14-;/m0./s1. The molecule has 0 saturated heterocycles. The summed E-state index contributed by atoms with van der Waals surface area (Å²) in [5.74, 6) is 0.458. The highest BCUT2D eigenvalue weighted by atomic mass is 35.5. The summed E-state index contributed by atoms with van der Waals surface area (Å²) in [5, 5.41) is 3.05. The van der Waals surface area contributed by atoms with Crippen molar-refractivity contribution in [2.24, 2.45) is 5.73 Å². The third-order valence-electron chi connectivity index (χ3n) is 3.49. The van der Waals surface area contributed by atoms with E-state index in [9.17, 15) is 9.59 Å². The molecule has 0 unspecified atom stereocenters. The van der Waals surface area contributed by atoms with Gasteiger partial charge in [-0.1, -0.05) is 11.6 Å². The van der Waals surface area contributed by atoms with Crippen molar-refractivity contribution in [3.63, 3.8) is 0 Å². The van der Waals surface area contributed by atoms with Crippen LogP contribution in [0.2, 0.25) is 5.02 Å². The van der Waals surface area contributed by atoms with Gasteiger partial charge >= 0.3 is 0 Å². The number of benzene rings is 1. The van der Waals surface area contributed by atoms with Crippen LogP contribution in [0.1, 0.15) is 30.6 Å². The van der Waals surface area contributed by atoms with Crippen LogP contribution in [0.3, 0.4) is 0 Å². The molecule has 3 N–H and O–H groups in total. The Morgan fingerprint density at radius 1 is 1.33 bits per heavy atom. The number of rotatable bonds is 8. The van der Waals surface area contributed by atoms with E-state index in [4.69, 9.17) is 17.3 Å². The molecule has 0 heterocycles. The Kier molecular flexibility index (Phi) is 11.1. The average Bonchev–Trinajstić information content (AvgIpc) is 2.53. The first-order valence-electron chi connectivity index (χ1n) is 7.58. The van der Waals surface area contributed by atoms with Gasteiger partial charge < -0.3 is 16.0 Å². The molecule has 1 aromatic carbocycles. The predicted molar refractivity (Wildman–Crippen MR) is 106 cm³/mol. The zero-order valence-electron chi connectivity index (χ0n) is 14.2. The molecular formula is C16H25Cl2N3O2S. The molecule has 0 fully saturated rings. The number of nitrogens with two attached hydrogens (primary N) is 1. The number of nitrogens with zero attached hydrogens (tertiary/aromatic N) is 1. The first-order chi connectivity index (χ1) is 10.9. The number of hydrogen-bond acceptors (Lipinski definition) is 4. The molecule has 0 saturated carbocycles. The molecule has 0 aliphatic rings. The lowest BCUT2D eigenvalue weighted by Crippen LogP contribution is -2.36. The van der Waals surface area contributed by atoms with Crippen LogP contribution in [0.5, 0.6) is 0 Å². The van der Waals surface area contributed by atoms with Crippen LogP contribution in [0.25, 0.3) is 0 Å². The molecule has 0 aromatic heterocycles. The van der Waals surface area contributed by atoms with Gasteiger partial charge in [0.2, 0.25) is 5.91 Å². The Balaban J connectivity index is 0.00000529. The highest BCUT2D eigenvalue weighted by molar-refractivity contribution is 7.98. The van der Waals surface area contributed by atoms with Gasteiger partial charge in [0.1, 0.15) is 0 Å². The minimum absolute atomic E-state index is 0. The number of anilines is 1. The van der Waals surface area contributed by atoms with Gasteiger partial charge in [-0.05, 0) is 50.5 Å². The van der Waals surface area contributed by atoms with Crippen molar-refractivity contribution in [2.45, 2.75) is 26.3 Å². The number of nitrogens with one attached hydrogen (secondary N) is 1. The Bertz CT molecular complexity index is 554. The summed E-state index contributed by atoms with van der Waals surface area (Å²) < 4.78 is 0. The first kappa shape index (κ1) is 23.1. The van der Waals surface area contributed by atoms with Crippen LogP contribution < -0.4 is 11.1 Å². The summed E-state index contributed by atoms with van der Waals surface area (Å²) in [5.41, 5.74) is 6.79. The maximum atomic E-state index is 12.3. The molecule has 136 valence electrons. The van der Waals surface area contributed by atoms with Gasteiger partial charge in [0, 0.05) is 18.8 Å². The van der Waals surface area contributed by atoms with Crippen molar-refractivity contribution in [2.75, 3.05) is 30.4 Å². The van der Waals surface area contributed by atoms with E-state index in [0.717, 1.165) is 5.75 Å². The fourth-order valence-electron chi connectivity index (χ4n) is 2.06. The van der Waals surface area contributed by atoms with E-state index in [1.54, 1.807) is 34.9 Å². The van der Waals surface area contributed by atoms with Gasteiger partial charge in [0.15, 0.2) is 0 Å². The largest absolute Gasteiger partial charge is 0.339 e. The van der Waals surface area contributed by atoms with E-state index in [0.29, 0.717) is 35.8 Å². The second kappa shape index (κ2) is 11.6. The number of carbonyl (C=O) groups is 2. The van der Waals surface area contributed by atoms with Crippen molar-refractivity contribution < 1.29 is 9.59 Å². The van der Waals surface area contributed by atoms with Crippen LogP contribution in [0.4, 0.5) is 5.69 Å². The van der Waals surface area contributed by atoms with E-state index >= 15 is 0 Å².